The molecule has 14 heavy (non-hydrogen) atoms. The number of nitrogens with one attached hydrogen (secondary N) is 1. The minimum atomic E-state index is 0.601. The summed E-state index contributed by atoms with van der Waals surface area (Å²) in [5, 5.41) is 3.48. The van der Waals surface area contributed by atoms with Crippen molar-refractivity contribution in [2.45, 2.75) is 46.0 Å². The molecule has 84 valence electrons. The van der Waals surface area contributed by atoms with Crippen molar-refractivity contribution in [3.63, 3.8) is 0 Å². The van der Waals surface area contributed by atoms with Crippen molar-refractivity contribution < 1.29 is 4.74 Å². The monoisotopic (exact) mass is 199 g/mol. The van der Waals surface area contributed by atoms with Crippen molar-refractivity contribution in [1.29, 1.82) is 0 Å². The molecule has 0 bridgehead atoms. The highest BCUT2D eigenvalue weighted by Gasteiger charge is 2.30. The first-order chi connectivity index (χ1) is 6.77. The number of hydrogen-bond donors (Lipinski definition) is 1. The normalized spacial score (nSPS) is 19.3. The van der Waals surface area contributed by atoms with Crippen LogP contribution >= 0.6 is 0 Å². The lowest BCUT2D eigenvalue weighted by Gasteiger charge is -2.38. The van der Waals surface area contributed by atoms with Crippen LogP contribution in [0.2, 0.25) is 0 Å². The van der Waals surface area contributed by atoms with Gasteiger partial charge in [-0.05, 0) is 24.7 Å². The summed E-state index contributed by atoms with van der Waals surface area (Å²) in [6.07, 6.45) is 6.64. The molecule has 1 saturated carbocycles. The highest BCUT2D eigenvalue weighted by Crippen LogP contribution is 2.39. The fourth-order valence-electron chi connectivity index (χ4n) is 1.84. The van der Waals surface area contributed by atoms with E-state index < -0.39 is 0 Å². The molecule has 2 heteroatoms. The molecule has 1 N–H and O–H groups in total. The molecule has 1 rings (SSSR count). The molecule has 0 saturated heterocycles. The molecule has 0 radical (unpaired) electrons. The highest BCUT2D eigenvalue weighted by atomic mass is 16.5. The van der Waals surface area contributed by atoms with Gasteiger partial charge in [-0.2, -0.15) is 0 Å². The van der Waals surface area contributed by atoms with Gasteiger partial charge in [0.2, 0.25) is 0 Å². The van der Waals surface area contributed by atoms with Gasteiger partial charge in [0.15, 0.2) is 0 Å². The minimum absolute atomic E-state index is 0.601. The smallest absolute Gasteiger partial charge is 0.0590 e. The van der Waals surface area contributed by atoms with E-state index in [2.05, 4.69) is 19.2 Å². The second-order valence-corrected chi connectivity index (χ2v) is 4.81. The van der Waals surface area contributed by atoms with Crippen LogP contribution < -0.4 is 5.32 Å². The molecular formula is C12H25NO. The van der Waals surface area contributed by atoms with E-state index in [1.54, 1.807) is 0 Å². The third-order valence-electron chi connectivity index (χ3n) is 3.18. The van der Waals surface area contributed by atoms with Gasteiger partial charge in [0.25, 0.3) is 0 Å². The lowest BCUT2D eigenvalue weighted by atomic mass is 9.70. The average molecular weight is 199 g/mol. The zero-order valence-electron chi connectivity index (χ0n) is 9.77. The minimum Gasteiger partial charge on any atom is -0.380 e. The predicted molar refractivity (Wildman–Crippen MR) is 60.6 cm³/mol. The van der Waals surface area contributed by atoms with Crippen LogP contribution in [0.15, 0.2) is 0 Å². The van der Waals surface area contributed by atoms with E-state index in [-0.39, 0.29) is 0 Å². The van der Waals surface area contributed by atoms with Crippen molar-refractivity contribution in [3.05, 3.63) is 0 Å². The van der Waals surface area contributed by atoms with Crippen LogP contribution in [0.1, 0.15) is 46.0 Å². The SMILES string of the molecule is CCCCOCCNCC1(C)CCC1. The maximum Gasteiger partial charge on any atom is 0.0590 e. The summed E-state index contributed by atoms with van der Waals surface area (Å²) in [6, 6.07) is 0. The van der Waals surface area contributed by atoms with Gasteiger partial charge >= 0.3 is 0 Å². The summed E-state index contributed by atoms with van der Waals surface area (Å²) in [7, 11) is 0. The first-order valence-corrected chi connectivity index (χ1v) is 6.05. The van der Waals surface area contributed by atoms with Crippen LogP contribution in [0.5, 0.6) is 0 Å². The molecule has 0 aromatic rings. The van der Waals surface area contributed by atoms with Gasteiger partial charge in [-0.1, -0.05) is 26.7 Å². The van der Waals surface area contributed by atoms with E-state index in [4.69, 9.17) is 4.74 Å². The maximum atomic E-state index is 5.48. The number of unbranched alkanes of at least 4 members (excludes halogenated alkanes) is 1. The van der Waals surface area contributed by atoms with Gasteiger partial charge in [-0.25, -0.2) is 0 Å². The van der Waals surface area contributed by atoms with E-state index in [9.17, 15) is 0 Å². The quantitative estimate of drug-likeness (QED) is 0.607. The van der Waals surface area contributed by atoms with Crippen molar-refractivity contribution in [1.82, 2.24) is 5.32 Å². The first-order valence-electron chi connectivity index (χ1n) is 6.05. The molecule has 1 fully saturated rings. The standard InChI is InChI=1S/C12H25NO/c1-3-4-9-14-10-8-13-11-12(2)6-5-7-12/h13H,3-11H2,1-2H3. The number of hydrogen-bond acceptors (Lipinski definition) is 2. The van der Waals surface area contributed by atoms with E-state index in [0.29, 0.717) is 5.41 Å². The molecule has 1 aliphatic carbocycles. The fourth-order valence-corrected chi connectivity index (χ4v) is 1.84. The Kier molecular flexibility index (Phi) is 5.49. The average Bonchev–Trinajstić information content (AvgIpc) is 2.14. The zero-order chi connectivity index (χ0) is 10.3. The molecular weight excluding hydrogens is 174 g/mol. The summed E-state index contributed by atoms with van der Waals surface area (Å²) in [6.45, 7) is 8.55. The Labute approximate surface area is 88.4 Å². The Morgan fingerprint density at radius 3 is 2.64 bits per heavy atom. The summed E-state index contributed by atoms with van der Waals surface area (Å²) >= 11 is 0. The van der Waals surface area contributed by atoms with Crippen molar-refractivity contribution in [3.8, 4) is 0 Å². The molecule has 0 aliphatic heterocycles. The van der Waals surface area contributed by atoms with E-state index in [1.807, 2.05) is 0 Å². The Balaban J connectivity index is 1.80. The highest BCUT2D eigenvalue weighted by molar-refractivity contribution is 4.84. The van der Waals surface area contributed by atoms with Crippen LogP contribution in [0, 0.1) is 5.41 Å². The van der Waals surface area contributed by atoms with Crippen LogP contribution in [0.3, 0.4) is 0 Å². The van der Waals surface area contributed by atoms with Gasteiger partial charge in [-0.3, -0.25) is 0 Å². The second kappa shape index (κ2) is 6.41. The number of rotatable bonds is 8. The van der Waals surface area contributed by atoms with E-state index in [1.165, 1.54) is 38.6 Å². The van der Waals surface area contributed by atoms with E-state index >= 15 is 0 Å². The molecule has 2 nitrogen and oxygen atoms in total. The Morgan fingerprint density at radius 1 is 1.29 bits per heavy atom. The van der Waals surface area contributed by atoms with Crippen molar-refractivity contribution in [2.75, 3.05) is 26.3 Å². The van der Waals surface area contributed by atoms with Crippen LogP contribution in [0.25, 0.3) is 0 Å². The van der Waals surface area contributed by atoms with Gasteiger partial charge < -0.3 is 10.1 Å². The van der Waals surface area contributed by atoms with E-state index in [0.717, 1.165) is 19.8 Å². The molecule has 0 aromatic carbocycles. The molecule has 0 spiro atoms. The molecule has 0 atom stereocenters. The molecule has 0 heterocycles. The Morgan fingerprint density at radius 2 is 2.07 bits per heavy atom. The van der Waals surface area contributed by atoms with Crippen molar-refractivity contribution >= 4 is 0 Å². The second-order valence-electron chi connectivity index (χ2n) is 4.81. The first kappa shape index (κ1) is 12.0. The van der Waals surface area contributed by atoms with Gasteiger partial charge in [0, 0.05) is 19.7 Å². The Hall–Kier alpha value is -0.0800. The molecule has 0 unspecified atom stereocenters. The van der Waals surface area contributed by atoms with Crippen LogP contribution in [0.4, 0.5) is 0 Å². The Bertz CT molecular complexity index is 143. The largest absolute Gasteiger partial charge is 0.380 e. The third-order valence-corrected chi connectivity index (χ3v) is 3.18. The lowest BCUT2D eigenvalue weighted by Crippen LogP contribution is -2.38. The van der Waals surface area contributed by atoms with Gasteiger partial charge in [0.05, 0.1) is 6.61 Å². The predicted octanol–water partition coefficient (Wildman–Crippen LogP) is 2.58. The lowest BCUT2D eigenvalue weighted by molar-refractivity contribution is 0.119. The summed E-state index contributed by atoms with van der Waals surface area (Å²) < 4.78 is 5.48. The topological polar surface area (TPSA) is 21.3 Å². The molecule has 1 aliphatic rings. The van der Waals surface area contributed by atoms with Gasteiger partial charge in [-0.15, -0.1) is 0 Å². The zero-order valence-corrected chi connectivity index (χ0v) is 9.77. The number of ether oxygens (including phenoxy) is 1. The van der Waals surface area contributed by atoms with Crippen LogP contribution in [-0.4, -0.2) is 26.3 Å². The van der Waals surface area contributed by atoms with Crippen LogP contribution in [-0.2, 0) is 4.74 Å². The molecule has 0 amide bonds. The fraction of sp³-hybridized carbons (Fsp3) is 1.00. The van der Waals surface area contributed by atoms with Gasteiger partial charge in [0.1, 0.15) is 0 Å². The maximum absolute atomic E-state index is 5.48. The third kappa shape index (κ3) is 4.43. The summed E-state index contributed by atoms with van der Waals surface area (Å²) in [5.74, 6) is 0. The molecule has 0 aromatic heterocycles. The summed E-state index contributed by atoms with van der Waals surface area (Å²) in [5.41, 5.74) is 0.601. The van der Waals surface area contributed by atoms with Crippen molar-refractivity contribution in [2.24, 2.45) is 5.41 Å². The summed E-state index contributed by atoms with van der Waals surface area (Å²) in [4.78, 5) is 0.